The number of aliphatic hydroxyl groups excluding tert-OH is 2. The number of Topliss-reactive ketones (excluding diaryl/α,β-unsaturated/α-hetero) is 1. The van der Waals surface area contributed by atoms with Gasteiger partial charge in [0.2, 0.25) is 0 Å². The van der Waals surface area contributed by atoms with Gasteiger partial charge in [-0.1, -0.05) is 57.6 Å². The Kier molecular flexibility index (Phi) is 12.1. The average Bonchev–Trinajstić information content (AvgIpc) is 3.19. The van der Waals surface area contributed by atoms with Crippen molar-refractivity contribution >= 4 is 23.7 Å². The molecule has 4 bridgehead atoms. The van der Waals surface area contributed by atoms with Gasteiger partial charge in [0.1, 0.15) is 5.78 Å². The molecule has 5 fully saturated rings. The van der Waals surface area contributed by atoms with Crippen LogP contribution in [0.15, 0.2) is 16.7 Å². The maximum Gasteiger partial charge on any atom is 0.305 e. The Balaban J connectivity index is 1.10. The second-order valence-electron chi connectivity index (χ2n) is 13.2. The summed E-state index contributed by atoms with van der Waals surface area (Å²) in [5, 5.41) is 20.6. The summed E-state index contributed by atoms with van der Waals surface area (Å²) in [6.45, 7) is 2.50. The molecule has 0 saturated heterocycles. The highest BCUT2D eigenvalue weighted by Gasteiger charge is 2.58. The quantitative estimate of drug-likeness (QED) is 0.0597. The highest BCUT2D eigenvalue weighted by atomic mass is 32.2. The highest BCUT2D eigenvalue weighted by Crippen LogP contribution is 2.64. The van der Waals surface area contributed by atoms with Crippen molar-refractivity contribution in [1.82, 2.24) is 0 Å². The number of nitrogens with zero attached hydrogens (tertiary/aromatic N) is 1. The van der Waals surface area contributed by atoms with E-state index >= 15 is 0 Å². The molecule has 8 heteroatoms. The van der Waals surface area contributed by atoms with Crippen molar-refractivity contribution < 1.29 is 24.5 Å². The SMILES string of the molecule is CCCCC[C@H](O)C=C[C@H]1[C@H](O)CC(=O)[C@@H]1CCCCCCC(=O)OCCC1(SN=O)C2CC3CC(C2)CC1C3. The van der Waals surface area contributed by atoms with E-state index in [1.807, 2.05) is 6.08 Å². The molecule has 0 aromatic heterocycles. The van der Waals surface area contributed by atoms with E-state index in [1.54, 1.807) is 6.08 Å². The third kappa shape index (κ3) is 7.97. The Morgan fingerprint density at radius 3 is 2.45 bits per heavy atom. The standard InChI is InChI=1S/C32H51NO6S/c1-2-3-6-9-26(34)12-13-28-27(29(35)21-30(28)36)10-7-4-5-8-11-31(37)39-15-14-32(40-33-38)24-17-22-16-23(19-24)20-25(32)18-22/h12-13,22-28,30,34,36H,2-11,14-21H2,1H3/t22?,23?,24?,25?,26-,27+,28+,30+,32?/m0/s1. The van der Waals surface area contributed by atoms with Gasteiger partial charge in [0, 0.05) is 41.2 Å². The minimum atomic E-state index is -0.662. The van der Waals surface area contributed by atoms with Crippen LogP contribution in [0.2, 0.25) is 0 Å². The lowest BCUT2D eigenvalue weighted by Crippen LogP contribution is -2.56. The van der Waals surface area contributed by atoms with E-state index in [-0.39, 0.29) is 34.8 Å². The smallest absolute Gasteiger partial charge is 0.305 e. The Morgan fingerprint density at radius 1 is 1.07 bits per heavy atom. The fourth-order valence-electron chi connectivity index (χ4n) is 8.59. The van der Waals surface area contributed by atoms with E-state index in [0.29, 0.717) is 31.3 Å². The summed E-state index contributed by atoms with van der Waals surface area (Å²) in [6, 6.07) is 0. The summed E-state index contributed by atoms with van der Waals surface area (Å²) in [5.41, 5.74) is 0. The van der Waals surface area contributed by atoms with Crippen molar-refractivity contribution in [1.29, 1.82) is 0 Å². The molecule has 0 spiro atoms. The van der Waals surface area contributed by atoms with E-state index in [9.17, 15) is 24.7 Å². The summed E-state index contributed by atoms with van der Waals surface area (Å²) >= 11 is 1.23. The molecular weight excluding hydrogens is 526 g/mol. The highest BCUT2D eigenvalue weighted by molar-refractivity contribution is 7.99. The van der Waals surface area contributed by atoms with E-state index in [2.05, 4.69) is 11.5 Å². The molecule has 0 unspecified atom stereocenters. The van der Waals surface area contributed by atoms with Crippen LogP contribution < -0.4 is 0 Å². The van der Waals surface area contributed by atoms with Crippen LogP contribution in [0.25, 0.3) is 0 Å². The number of hydrogen-bond donors (Lipinski definition) is 2. The van der Waals surface area contributed by atoms with Gasteiger partial charge in [-0.15, -0.1) is 4.91 Å². The summed E-state index contributed by atoms with van der Waals surface area (Å²) in [7, 11) is 0. The van der Waals surface area contributed by atoms with Crippen LogP contribution in [0.1, 0.15) is 116 Å². The molecule has 0 amide bonds. The Bertz CT molecular complexity index is 849. The fourth-order valence-corrected chi connectivity index (χ4v) is 9.58. The zero-order valence-electron chi connectivity index (χ0n) is 24.4. The summed E-state index contributed by atoms with van der Waals surface area (Å²) in [6.07, 6.45) is 18.0. The molecule has 4 atom stereocenters. The first kappa shape index (κ1) is 31.7. The van der Waals surface area contributed by atoms with Crippen molar-refractivity contribution in [2.45, 2.75) is 133 Å². The molecule has 0 radical (unpaired) electrons. The Labute approximate surface area is 244 Å². The number of ketones is 1. The molecule has 0 heterocycles. The second kappa shape index (κ2) is 15.3. The van der Waals surface area contributed by atoms with Gasteiger partial charge in [-0.3, -0.25) is 9.59 Å². The van der Waals surface area contributed by atoms with Crippen LogP contribution in [0.5, 0.6) is 0 Å². The molecule has 0 aromatic carbocycles. The number of hydrogen-bond acceptors (Lipinski definition) is 8. The van der Waals surface area contributed by atoms with Gasteiger partial charge < -0.3 is 14.9 Å². The molecule has 2 N–H and O–H groups in total. The molecule has 5 rings (SSSR count). The van der Waals surface area contributed by atoms with Gasteiger partial charge in [0.05, 0.1) is 23.6 Å². The van der Waals surface area contributed by atoms with Gasteiger partial charge in [-0.25, -0.2) is 0 Å². The summed E-state index contributed by atoms with van der Waals surface area (Å²) in [4.78, 5) is 36.2. The third-order valence-corrected chi connectivity index (χ3v) is 11.8. The first-order valence-corrected chi connectivity index (χ1v) is 16.9. The van der Waals surface area contributed by atoms with Gasteiger partial charge in [0.15, 0.2) is 0 Å². The molecular formula is C32H51NO6S. The largest absolute Gasteiger partial charge is 0.466 e. The summed E-state index contributed by atoms with van der Waals surface area (Å²) < 4.78 is 8.77. The lowest BCUT2D eigenvalue weighted by atomic mass is 9.51. The van der Waals surface area contributed by atoms with Crippen LogP contribution in [-0.2, 0) is 14.3 Å². The minimum absolute atomic E-state index is 0.117. The fraction of sp³-hybridized carbons (Fsp3) is 0.875. The minimum Gasteiger partial charge on any atom is -0.466 e. The maximum absolute atomic E-state index is 12.5. The zero-order valence-corrected chi connectivity index (χ0v) is 25.2. The first-order valence-electron chi connectivity index (χ1n) is 16.1. The molecule has 226 valence electrons. The van der Waals surface area contributed by atoms with Crippen molar-refractivity contribution in [3.05, 3.63) is 17.1 Å². The molecule has 7 nitrogen and oxygen atoms in total. The van der Waals surface area contributed by atoms with Crippen molar-refractivity contribution in [3.8, 4) is 0 Å². The maximum atomic E-state index is 12.5. The van der Waals surface area contributed by atoms with Gasteiger partial charge in [-0.2, -0.15) is 0 Å². The van der Waals surface area contributed by atoms with Gasteiger partial charge >= 0.3 is 5.97 Å². The first-order chi connectivity index (χ1) is 19.4. The van der Waals surface area contributed by atoms with Crippen molar-refractivity contribution in [2.24, 2.45) is 40.1 Å². The van der Waals surface area contributed by atoms with Crippen LogP contribution >= 0.6 is 11.9 Å². The molecule has 5 aliphatic carbocycles. The topological polar surface area (TPSA) is 113 Å². The van der Waals surface area contributed by atoms with E-state index < -0.39 is 12.2 Å². The molecule has 40 heavy (non-hydrogen) atoms. The predicted molar refractivity (Wildman–Crippen MR) is 158 cm³/mol. The van der Waals surface area contributed by atoms with E-state index in [1.165, 1.54) is 44.1 Å². The molecule has 5 saturated carbocycles. The number of ether oxygens (including phenoxy) is 1. The molecule has 0 aliphatic heterocycles. The molecule has 5 aliphatic rings. The number of aliphatic hydroxyl groups is 2. The normalized spacial score (nSPS) is 35.5. The second-order valence-corrected chi connectivity index (χ2v) is 14.3. The number of unbranched alkanes of at least 4 members (excludes halogenated alkanes) is 5. The van der Waals surface area contributed by atoms with Gasteiger partial charge in [-0.05, 0) is 81.5 Å². The number of esters is 1. The number of nitroso groups, excluding NO2 is 1. The van der Waals surface area contributed by atoms with E-state index in [4.69, 9.17) is 4.74 Å². The van der Waals surface area contributed by atoms with Crippen LogP contribution in [0.4, 0.5) is 0 Å². The van der Waals surface area contributed by atoms with Crippen LogP contribution in [-0.4, -0.2) is 45.5 Å². The predicted octanol–water partition coefficient (Wildman–Crippen LogP) is 6.93. The van der Waals surface area contributed by atoms with Crippen molar-refractivity contribution in [2.75, 3.05) is 6.61 Å². The lowest BCUT2D eigenvalue weighted by Gasteiger charge is -2.59. The number of carbonyl (C=O) groups is 2. The summed E-state index contributed by atoms with van der Waals surface area (Å²) in [5.74, 6) is 2.25. The Hall–Kier alpha value is -1.25. The average molecular weight is 578 g/mol. The lowest BCUT2D eigenvalue weighted by molar-refractivity contribution is -0.144. The third-order valence-electron chi connectivity index (χ3n) is 10.5. The number of rotatable bonds is 18. The zero-order chi connectivity index (χ0) is 28.5. The Morgan fingerprint density at radius 2 is 1.77 bits per heavy atom. The van der Waals surface area contributed by atoms with Crippen LogP contribution in [0.3, 0.4) is 0 Å². The number of carbonyl (C=O) groups excluding carboxylic acids is 2. The van der Waals surface area contributed by atoms with Crippen molar-refractivity contribution in [3.63, 3.8) is 0 Å². The van der Waals surface area contributed by atoms with Crippen LogP contribution in [0, 0.1) is 40.4 Å². The van der Waals surface area contributed by atoms with Gasteiger partial charge in [0.25, 0.3) is 0 Å². The monoisotopic (exact) mass is 577 g/mol. The molecule has 0 aromatic rings. The van der Waals surface area contributed by atoms with E-state index in [0.717, 1.165) is 69.6 Å².